The van der Waals surface area contributed by atoms with Crippen LogP contribution in [0.5, 0.6) is 0 Å². The summed E-state index contributed by atoms with van der Waals surface area (Å²) in [4.78, 5) is 13.3. The number of halogens is 1. The van der Waals surface area contributed by atoms with E-state index in [0.29, 0.717) is 21.9 Å². The fourth-order valence-corrected chi connectivity index (χ4v) is 4.49. The fourth-order valence-electron chi connectivity index (χ4n) is 3.20. The van der Waals surface area contributed by atoms with Crippen molar-refractivity contribution in [3.8, 4) is 0 Å². The average molecular weight is 451 g/mol. The predicted molar refractivity (Wildman–Crippen MR) is 122 cm³/mol. The number of carbonyl (C=O) groups is 1. The molecule has 1 heterocycles. The molecule has 3 aromatic rings. The summed E-state index contributed by atoms with van der Waals surface area (Å²) >= 11 is 5.93. The molecule has 0 spiro atoms. The average Bonchev–Trinajstić information content (AvgIpc) is 2.79. The highest BCUT2D eigenvalue weighted by molar-refractivity contribution is 7.89. The molecule has 0 fully saturated rings. The Morgan fingerprint density at radius 1 is 0.935 bits per heavy atom. The van der Waals surface area contributed by atoms with Gasteiger partial charge in [0.25, 0.3) is 10.0 Å². The smallest absolute Gasteiger partial charge is 0.282 e. The van der Waals surface area contributed by atoms with Crippen molar-refractivity contribution in [3.05, 3.63) is 112 Å². The number of ketones is 1. The molecule has 1 aliphatic heterocycles. The molecule has 0 saturated heterocycles. The number of aryl methyl sites for hydroxylation is 1. The number of hydrogen-bond acceptors (Lipinski definition) is 4. The van der Waals surface area contributed by atoms with E-state index < -0.39 is 10.0 Å². The Kier molecular flexibility index (Phi) is 5.76. The van der Waals surface area contributed by atoms with E-state index in [1.807, 2.05) is 37.3 Å². The topological polar surface area (TPSA) is 66.8 Å². The van der Waals surface area contributed by atoms with Crippen LogP contribution in [0.2, 0.25) is 5.02 Å². The van der Waals surface area contributed by atoms with Crippen molar-refractivity contribution in [3.63, 3.8) is 0 Å². The Morgan fingerprint density at radius 3 is 2.23 bits per heavy atom. The first-order valence-electron chi connectivity index (χ1n) is 9.59. The van der Waals surface area contributed by atoms with Gasteiger partial charge in [-0.15, -0.1) is 0 Å². The SMILES string of the molecule is Cc1ccc(S(=O)(=O)N2C=C(C(=O)c3ccc(Cl)cc3)CC(c3ccccc3)=N2)cc1. The van der Waals surface area contributed by atoms with Crippen LogP contribution in [0, 0.1) is 6.92 Å². The van der Waals surface area contributed by atoms with E-state index in [-0.39, 0.29) is 17.1 Å². The summed E-state index contributed by atoms with van der Waals surface area (Å²) in [6.45, 7) is 1.88. The van der Waals surface area contributed by atoms with Crippen molar-refractivity contribution in [1.82, 2.24) is 4.41 Å². The summed E-state index contributed by atoms with van der Waals surface area (Å²) in [6, 6.07) is 22.2. The monoisotopic (exact) mass is 450 g/mol. The summed E-state index contributed by atoms with van der Waals surface area (Å²) in [7, 11) is -3.98. The summed E-state index contributed by atoms with van der Waals surface area (Å²) < 4.78 is 27.4. The van der Waals surface area contributed by atoms with Crippen LogP contribution in [0.15, 0.2) is 101 Å². The van der Waals surface area contributed by atoms with Gasteiger partial charge in [0, 0.05) is 28.8 Å². The highest BCUT2D eigenvalue weighted by atomic mass is 35.5. The predicted octanol–water partition coefficient (Wildman–Crippen LogP) is 5.21. The van der Waals surface area contributed by atoms with Crippen molar-refractivity contribution in [2.24, 2.45) is 5.10 Å². The van der Waals surface area contributed by atoms with E-state index in [0.717, 1.165) is 15.5 Å². The maximum atomic E-state index is 13.3. The summed E-state index contributed by atoms with van der Waals surface area (Å²) in [5, 5.41) is 4.89. The second-order valence-corrected chi connectivity index (χ2v) is 9.40. The lowest BCUT2D eigenvalue weighted by atomic mass is 9.96. The molecule has 0 atom stereocenters. The molecule has 0 aromatic heterocycles. The lowest BCUT2D eigenvalue weighted by Crippen LogP contribution is -2.28. The Labute approximate surface area is 186 Å². The molecule has 0 amide bonds. The van der Waals surface area contributed by atoms with Gasteiger partial charge in [0.2, 0.25) is 0 Å². The molecular formula is C24H19ClN2O3S. The molecule has 31 heavy (non-hydrogen) atoms. The Bertz CT molecular complexity index is 1280. The molecule has 0 radical (unpaired) electrons. The van der Waals surface area contributed by atoms with Gasteiger partial charge in [0.05, 0.1) is 10.6 Å². The van der Waals surface area contributed by atoms with Crippen LogP contribution in [0.4, 0.5) is 0 Å². The minimum Gasteiger partial charge on any atom is -0.289 e. The van der Waals surface area contributed by atoms with Gasteiger partial charge in [0.15, 0.2) is 5.78 Å². The Hall–Kier alpha value is -3.22. The van der Waals surface area contributed by atoms with E-state index in [9.17, 15) is 13.2 Å². The van der Waals surface area contributed by atoms with Gasteiger partial charge in [0.1, 0.15) is 0 Å². The maximum absolute atomic E-state index is 13.3. The first kappa shape index (κ1) is 21.0. The van der Waals surface area contributed by atoms with Crippen molar-refractivity contribution in [2.45, 2.75) is 18.2 Å². The van der Waals surface area contributed by atoms with Crippen molar-refractivity contribution in [2.75, 3.05) is 0 Å². The molecule has 7 heteroatoms. The Balaban J connectivity index is 1.79. The van der Waals surface area contributed by atoms with Gasteiger partial charge in [-0.2, -0.15) is 17.9 Å². The number of hydrogen-bond donors (Lipinski definition) is 0. The third-order valence-corrected chi connectivity index (χ3v) is 6.71. The highest BCUT2D eigenvalue weighted by Crippen LogP contribution is 2.27. The molecule has 0 bridgehead atoms. The minimum absolute atomic E-state index is 0.103. The largest absolute Gasteiger partial charge is 0.289 e. The van der Waals surface area contributed by atoms with Gasteiger partial charge in [-0.05, 0) is 48.9 Å². The van der Waals surface area contributed by atoms with Crippen LogP contribution < -0.4 is 0 Å². The van der Waals surface area contributed by atoms with Crippen LogP contribution in [-0.2, 0) is 10.0 Å². The van der Waals surface area contributed by atoms with E-state index in [1.54, 1.807) is 36.4 Å². The molecule has 4 rings (SSSR count). The molecule has 156 valence electrons. The number of rotatable bonds is 5. The van der Waals surface area contributed by atoms with Crippen molar-refractivity contribution >= 4 is 33.1 Å². The number of benzene rings is 3. The highest BCUT2D eigenvalue weighted by Gasteiger charge is 2.29. The number of hydrazone groups is 1. The summed E-state index contributed by atoms with van der Waals surface area (Å²) in [5.74, 6) is -0.274. The third-order valence-electron chi connectivity index (χ3n) is 4.91. The third kappa shape index (κ3) is 4.45. The van der Waals surface area contributed by atoms with Gasteiger partial charge in [-0.1, -0.05) is 59.6 Å². The maximum Gasteiger partial charge on any atom is 0.282 e. The zero-order valence-electron chi connectivity index (χ0n) is 16.7. The second-order valence-electron chi connectivity index (χ2n) is 7.17. The molecule has 0 unspecified atom stereocenters. The van der Waals surface area contributed by atoms with Crippen LogP contribution in [0.25, 0.3) is 0 Å². The van der Waals surface area contributed by atoms with E-state index in [1.165, 1.54) is 18.3 Å². The van der Waals surface area contributed by atoms with Gasteiger partial charge < -0.3 is 0 Å². The van der Waals surface area contributed by atoms with Crippen LogP contribution >= 0.6 is 11.6 Å². The van der Waals surface area contributed by atoms with Crippen molar-refractivity contribution < 1.29 is 13.2 Å². The van der Waals surface area contributed by atoms with Crippen molar-refractivity contribution in [1.29, 1.82) is 0 Å². The molecule has 5 nitrogen and oxygen atoms in total. The first-order chi connectivity index (χ1) is 14.8. The number of carbonyl (C=O) groups excluding carboxylic acids is 1. The number of sulfonamides is 1. The van der Waals surface area contributed by atoms with Gasteiger partial charge in [-0.3, -0.25) is 4.79 Å². The number of Topliss-reactive ketones (excluding diaryl/α,β-unsaturated/α-hetero) is 1. The number of nitrogens with zero attached hydrogens (tertiary/aromatic N) is 2. The molecule has 1 aliphatic rings. The normalized spacial score (nSPS) is 14.1. The van der Waals surface area contributed by atoms with E-state index >= 15 is 0 Å². The lowest BCUT2D eigenvalue weighted by Gasteiger charge is -2.23. The van der Waals surface area contributed by atoms with Crippen LogP contribution in [0.1, 0.15) is 27.9 Å². The standard InChI is InChI=1S/C24H19ClN2O3S/c1-17-7-13-22(14-8-17)31(29,30)27-16-20(24(28)19-9-11-21(25)12-10-19)15-23(26-27)18-5-3-2-4-6-18/h2-14,16H,15H2,1H3. The molecule has 3 aromatic carbocycles. The fraction of sp³-hybridized carbons (Fsp3) is 0.0833. The second kappa shape index (κ2) is 8.49. The Morgan fingerprint density at radius 2 is 1.58 bits per heavy atom. The van der Waals surface area contributed by atoms with Crippen LogP contribution in [-0.4, -0.2) is 24.3 Å². The number of allylic oxidation sites excluding steroid dienone is 1. The van der Waals surface area contributed by atoms with Gasteiger partial charge in [-0.25, -0.2) is 0 Å². The molecule has 0 saturated carbocycles. The quantitative estimate of drug-likeness (QED) is 0.501. The molecule has 0 aliphatic carbocycles. The van der Waals surface area contributed by atoms with E-state index in [4.69, 9.17) is 11.6 Å². The summed E-state index contributed by atoms with van der Waals surface area (Å²) in [6.07, 6.45) is 1.52. The minimum atomic E-state index is -3.98. The van der Waals surface area contributed by atoms with E-state index in [2.05, 4.69) is 5.10 Å². The molecule has 0 N–H and O–H groups in total. The molecular weight excluding hydrogens is 432 g/mol. The zero-order chi connectivity index (χ0) is 22.0. The lowest BCUT2D eigenvalue weighted by molar-refractivity contribution is 0.103. The van der Waals surface area contributed by atoms with Gasteiger partial charge >= 0.3 is 0 Å². The van der Waals surface area contributed by atoms with Crippen LogP contribution in [0.3, 0.4) is 0 Å². The summed E-state index contributed by atoms with van der Waals surface area (Å²) in [5.41, 5.74) is 2.95. The first-order valence-corrected chi connectivity index (χ1v) is 11.4. The zero-order valence-corrected chi connectivity index (χ0v) is 18.3.